The van der Waals surface area contributed by atoms with Crippen molar-refractivity contribution in [2.24, 2.45) is 0 Å². The zero-order valence-corrected chi connectivity index (χ0v) is 14.6. The Morgan fingerprint density at radius 2 is 1.43 bits per heavy atom. The van der Waals surface area contributed by atoms with Crippen LogP contribution in [0.5, 0.6) is 0 Å². The minimum atomic E-state index is -4.72. The summed E-state index contributed by atoms with van der Waals surface area (Å²) in [6.07, 6.45) is 3.23. The zero-order valence-electron chi connectivity index (χ0n) is 12.2. The quantitative estimate of drug-likeness (QED) is 0.448. The van der Waals surface area contributed by atoms with Crippen molar-refractivity contribution in [1.29, 1.82) is 0 Å². The normalized spacial score (nSPS) is 11.6. The molecule has 0 aliphatic rings. The molecule has 124 valence electrons. The lowest BCUT2D eigenvalue weighted by atomic mass is 10.0. The van der Waals surface area contributed by atoms with E-state index in [1.807, 2.05) is 12.1 Å². The van der Waals surface area contributed by atoms with E-state index in [2.05, 4.69) is 0 Å². The van der Waals surface area contributed by atoms with Gasteiger partial charge in [-0.05, 0) is 61.1 Å². The van der Waals surface area contributed by atoms with Gasteiger partial charge < -0.3 is 5.73 Å². The van der Waals surface area contributed by atoms with Gasteiger partial charge in [-0.2, -0.15) is 8.42 Å². The molecule has 2 aromatic rings. The average Bonchev–Trinajstić information content (AvgIpc) is 2.45. The molecule has 23 heavy (non-hydrogen) atoms. The second-order valence-corrected chi connectivity index (χ2v) is 7.41. The largest absolute Gasteiger partial charge is 0.399 e. The molecule has 0 amide bonds. The van der Waals surface area contributed by atoms with Gasteiger partial charge in [0.15, 0.2) is 0 Å². The molecule has 2 N–H and O–H groups in total. The molecular weight excluding hydrogens is 360 g/mol. The topological polar surface area (TPSA) is 60.2 Å². The number of rotatable bonds is 6. The van der Waals surface area contributed by atoms with Crippen LogP contribution in [0.15, 0.2) is 41.3 Å². The molecule has 0 atom stereocenters. The highest BCUT2D eigenvalue weighted by molar-refractivity contribution is 7.86. The van der Waals surface area contributed by atoms with Crippen LogP contribution in [-0.2, 0) is 23.1 Å². The van der Waals surface area contributed by atoms with Crippen LogP contribution < -0.4 is 5.73 Å². The first-order valence-corrected chi connectivity index (χ1v) is 9.18. The Labute approximate surface area is 145 Å². The predicted molar refractivity (Wildman–Crippen MR) is 92.3 cm³/mol. The molecule has 3 nitrogen and oxygen atoms in total. The summed E-state index contributed by atoms with van der Waals surface area (Å²) < 4.78 is 34.5. The molecular formula is C16H16Cl2FNO2S. The van der Waals surface area contributed by atoms with Gasteiger partial charge in [-0.25, -0.2) is 0 Å². The summed E-state index contributed by atoms with van der Waals surface area (Å²) in [7, 11) is -4.72. The molecule has 0 aromatic heterocycles. The van der Waals surface area contributed by atoms with Gasteiger partial charge in [0.1, 0.15) is 0 Å². The first-order valence-electron chi connectivity index (χ1n) is 7.04. The molecule has 0 aliphatic carbocycles. The van der Waals surface area contributed by atoms with Crippen LogP contribution in [-0.4, -0.2) is 8.42 Å². The fraction of sp³-hybridized carbons (Fsp3) is 0.250. The standard InChI is InChI=1S/C16H16Cl2FNO2S/c17-15-9-13(20)7-5-11(15)3-1-2-4-12-6-8-14(10-16(12)18)23(19,21)22/h5-10H,1-4,20H2. The van der Waals surface area contributed by atoms with Gasteiger partial charge in [0, 0.05) is 15.7 Å². The second-order valence-electron chi connectivity index (χ2n) is 5.25. The van der Waals surface area contributed by atoms with E-state index >= 15 is 0 Å². The first-order chi connectivity index (χ1) is 10.8. The zero-order chi connectivity index (χ0) is 17.0. The molecule has 0 fully saturated rings. The van der Waals surface area contributed by atoms with Gasteiger partial charge in [-0.3, -0.25) is 0 Å². The van der Waals surface area contributed by atoms with Crippen molar-refractivity contribution in [3.8, 4) is 0 Å². The Morgan fingerprint density at radius 1 is 0.913 bits per heavy atom. The molecule has 0 spiro atoms. The van der Waals surface area contributed by atoms with E-state index in [1.54, 1.807) is 12.1 Å². The van der Waals surface area contributed by atoms with Crippen molar-refractivity contribution >= 4 is 39.1 Å². The van der Waals surface area contributed by atoms with E-state index in [4.69, 9.17) is 28.9 Å². The number of halogens is 3. The van der Waals surface area contributed by atoms with E-state index < -0.39 is 15.1 Å². The number of nitrogens with two attached hydrogens (primary N) is 1. The van der Waals surface area contributed by atoms with Crippen LogP contribution in [0.4, 0.5) is 9.57 Å². The van der Waals surface area contributed by atoms with Gasteiger partial charge in [-0.1, -0.05) is 35.3 Å². The third-order valence-corrected chi connectivity index (χ3v) is 5.05. The molecule has 0 unspecified atom stereocenters. The molecule has 0 aliphatic heterocycles. The highest BCUT2D eigenvalue weighted by Gasteiger charge is 2.13. The molecule has 0 heterocycles. The van der Waals surface area contributed by atoms with Crippen molar-refractivity contribution in [1.82, 2.24) is 0 Å². The minimum absolute atomic E-state index is 0.259. The lowest BCUT2D eigenvalue weighted by molar-refractivity contribution is 0.552. The first kappa shape index (κ1) is 18.0. The third-order valence-electron chi connectivity index (χ3n) is 3.53. The number of hydrogen-bond donors (Lipinski definition) is 1. The highest BCUT2D eigenvalue weighted by atomic mass is 35.5. The van der Waals surface area contributed by atoms with Crippen LogP contribution in [0.25, 0.3) is 0 Å². The van der Waals surface area contributed by atoms with E-state index in [-0.39, 0.29) is 5.02 Å². The number of aryl methyl sites for hydroxylation is 2. The van der Waals surface area contributed by atoms with E-state index in [0.29, 0.717) is 17.1 Å². The highest BCUT2D eigenvalue weighted by Crippen LogP contribution is 2.25. The summed E-state index contributed by atoms with van der Waals surface area (Å²) in [5, 5.41) is 0.912. The summed E-state index contributed by atoms with van der Waals surface area (Å²) in [6, 6.07) is 9.37. The Morgan fingerprint density at radius 3 is 1.91 bits per heavy atom. The average molecular weight is 376 g/mol. The van der Waals surface area contributed by atoms with Crippen LogP contribution in [0, 0.1) is 0 Å². The second kappa shape index (κ2) is 7.51. The van der Waals surface area contributed by atoms with Crippen molar-refractivity contribution in [2.75, 3.05) is 5.73 Å². The molecule has 7 heteroatoms. The summed E-state index contributed by atoms with van der Waals surface area (Å²) in [4.78, 5) is -0.417. The van der Waals surface area contributed by atoms with Gasteiger partial charge in [0.2, 0.25) is 0 Å². The van der Waals surface area contributed by atoms with Gasteiger partial charge >= 0.3 is 10.2 Å². The Balaban J connectivity index is 1.92. The Bertz CT molecular complexity index is 810. The lowest BCUT2D eigenvalue weighted by Crippen LogP contribution is -1.95. The van der Waals surface area contributed by atoms with Crippen molar-refractivity contribution in [3.05, 3.63) is 57.6 Å². The van der Waals surface area contributed by atoms with Crippen LogP contribution in [0.2, 0.25) is 10.0 Å². The fourth-order valence-corrected chi connectivity index (χ4v) is 3.39. The summed E-state index contributed by atoms with van der Waals surface area (Å²) in [5.41, 5.74) is 8.11. The SMILES string of the molecule is Nc1ccc(CCCCc2ccc(S(=O)(=O)F)cc2Cl)c(Cl)c1. The van der Waals surface area contributed by atoms with Crippen molar-refractivity contribution in [2.45, 2.75) is 30.6 Å². The number of unbranched alkanes of at least 4 members (excludes halogenated alkanes) is 1. The minimum Gasteiger partial charge on any atom is -0.399 e. The molecule has 2 aromatic carbocycles. The van der Waals surface area contributed by atoms with Gasteiger partial charge in [0.25, 0.3) is 0 Å². The maximum Gasteiger partial charge on any atom is 0.332 e. The van der Waals surface area contributed by atoms with Crippen LogP contribution >= 0.6 is 23.2 Å². The summed E-state index contributed by atoms with van der Waals surface area (Å²) >= 11 is 12.1. The third kappa shape index (κ3) is 5.09. The molecule has 0 radical (unpaired) electrons. The number of anilines is 1. The van der Waals surface area contributed by atoms with E-state index in [0.717, 1.165) is 36.5 Å². The Kier molecular flexibility index (Phi) is 5.89. The van der Waals surface area contributed by atoms with Crippen molar-refractivity contribution < 1.29 is 12.3 Å². The maximum absolute atomic E-state index is 12.9. The number of benzene rings is 2. The van der Waals surface area contributed by atoms with Gasteiger partial charge in [-0.15, -0.1) is 3.89 Å². The Hall–Kier alpha value is -1.30. The fourth-order valence-electron chi connectivity index (χ4n) is 2.28. The molecule has 2 rings (SSSR count). The maximum atomic E-state index is 12.9. The summed E-state index contributed by atoms with van der Waals surface area (Å²) in [5.74, 6) is 0. The van der Waals surface area contributed by atoms with Crippen LogP contribution in [0.3, 0.4) is 0 Å². The number of nitrogen functional groups attached to an aromatic ring is 1. The van der Waals surface area contributed by atoms with E-state index in [9.17, 15) is 12.3 Å². The van der Waals surface area contributed by atoms with Crippen LogP contribution in [0.1, 0.15) is 24.0 Å². The van der Waals surface area contributed by atoms with Crippen molar-refractivity contribution in [3.63, 3.8) is 0 Å². The molecule has 0 saturated heterocycles. The smallest absolute Gasteiger partial charge is 0.332 e. The van der Waals surface area contributed by atoms with Gasteiger partial charge in [0.05, 0.1) is 4.90 Å². The number of hydrogen-bond acceptors (Lipinski definition) is 3. The summed E-state index contributed by atoms with van der Waals surface area (Å²) in [6.45, 7) is 0. The lowest BCUT2D eigenvalue weighted by Gasteiger charge is -2.07. The van der Waals surface area contributed by atoms with E-state index in [1.165, 1.54) is 6.07 Å². The molecule has 0 saturated carbocycles. The monoisotopic (exact) mass is 375 g/mol. The molecule has 0 bridgehead atoms. The predicted octanol–water partition coefficient (Wildman–Crippen LogP) is 4.80.